The van der Waals surface area contributed by atoms with Gasteiger partial charge in [0.15, 0.2) is 0 Å². The van der Waals surface area contributed by atoms with Gasteiger partial charge in [0.1, 0.15) is 0 Å². The molecule has 0 bridgehead atoms. The van der Waals surface area contributed by atoms with Crippen LogP contribution in [0.5, 0.6) is 0 Å². The van der Waals surface area contributed by atoms with E-state index in [0.29, 0.717) is 28.1 Å². The standard InChI is InChI=1S/C14H21ClN2O2S/c1-9(2)10(3)20(19)7-6-14(18)17-11-4-5-12(15)13(16)8-11/h4-5,8-10H,6-7,16H2,1-3H3,(H,17,18). The second kappa shape index (κ2) is 7.64. The highest BCUT2D eigenvalue weighted by Gasteiger charge is 2.16. The summed E-state index contributed by atoms with van der Waals surface area (Å²) in [5.74, 6) is 0.542. The zero-order valence-corrected chi connectivity index (χ0v) is 13.6. The summed E-state index contributed by atoms with van der Waals surface area (Å²) in [7, 11) is -0.988. The molecule has 2 atom stereocenters. The lowest BCUT2D eigenvalue weighted by molar-refractivity contribution is -0.115. The molecule has 0 saturated carbocycles. The first-order chi connectivity index (χ1) is 9.31. The second-order valence-corrected chi connectivity index (χ2v) is 7.39. The summed E-state index contributed by atoms with van der Waals surface area (Å²) in [6.45, 7) is 6.00. The molecule has 1 amide bonds. The van der Waals surface area contributed by atoms with Gasteiger partial charge in [-0.1, -0.05) is 32.4 Å². The lowest BCUT2D eigenvalue weighted by atomic mass is 10.2. The fraction of sp³-hybridized carbons (Fsp3) is 0.500. The number of benzene rings is 1. The molecule has 112 valence electrons. The first kappa shape index (κ1) is 17.0. The van der Waals surface area contributed by atoms with Crippen molar-refractivity contribution in [3.05, 3.63) is 23.2 Å². The molecule has 0 aromatic heterocycles. The van der Waals surface area contributed by atoms with Gasteiger partial charge >= 0.3 is 0 Å². The van der Waals surface area contributed by atoms with E-state index in [4.69, 9.17) is 17.3 Å². The van der Waals surface area contributed by atoms with Gasteiger partial charge in [0.05, 0.1) is 10.7 Å². The number of anilines is 2. The van der Waals surface area contributed by atoms with Crippen LogP contribution in [0.4, 0.5) is 11.4 Å². The number of amides is 1. The highest BCUT2D eigenvalue weighted by molar-refractivity contribution is 7.85. The molecule has 0 aliphatic carbocycles. The minimum Gasteiger partial charge on any atom is -0.397 e. The molecule has 6 heteroatoms. The average Bonchev–Trinajstić information content (AvgIpc) is 2.39. The van der Waals surface area contributed by atoms with Crippen LogP contribution in [0.3, 0.4) is 0 Å². The Bertz CT molecular complexity index is 506. The first-order valence-electron chi connectivity index (χ1n) is 6.53. The number of nitrogens with two attached hydrogens (primary N) is 1. The zero-order valence-electron chi connectivity index (χ0n) is 12.0. The van der Waals surface area contributed by atoms with Crippen molar-refractivity contribution in [2.24, 2.45) is 5.92 Å². The zero-order chi connectivity index (χ0) is 15.3. The predicted octanol–water partition coefficient (Wildman–Crippen LogP) is 3.04. The molecule has 0 saturated heterocycles. The third-order valence-electron chi connectivity index (χ3n) is 3.16. The fourth-order valence-corrected chi connectivity index (χ4v) is 3.01. The van der Waals surface area contributed by atoms with Crippen molar-refractivity contribution < 1.29 is 9.00 Å². The van der Waals surface area contributed by atoms with Gasteiger partial charge in [-0.05, 0) is 24.1 Å². The number of hydrogen-bond donors (Lipinski definition) is 2. The van der Waals surface area contributed by atoms with E-state index in [0.717, 1.165) is 0 Å². The molecule has 4 nitrogen and oxygen atoms in total. The Kier molecular flexibility index (Phi) is 6.49. The van der Waals surface area contributed by atoms with Crippen LogP contribution < -0.4 is 11.1 Å². The van der Waals surface area contributed by atoms with Crippen LogP contribution in [-0.4, -0.2) is 21.1 Å². The van der Waals surface area contributed by atoms with Crippen LogP contribution in [0.15, 0.2) is 18.2 Å². The van der Waals surface area contributed by atoms with E-state index < -0.39 is 10.8 Å². The molecular formula is C14H21ClN2O2S. The van der Waals surface area contributed by atoms with Crippen LogP contribution in [0.1, 0.15) is 27.2 Å². The minimum absolute atomic E-state index is 0.0916. The van der Waals surface area contributed by atoms with Gasteiger partial charge < -0.3 is 11.1 Å². The van der Waals surface area contributed by atoms with Gasteiger partial charge in [-0.15, -0.1) is 0 Å². The largest absolute Gasteiger partial charge is 0.397 e. The summed E-state index contributed by atoms with van der Waals surface area (Å²) in [5.41, 5.74) is 6.67. The van der Waals surface area contributed by atoms with Gasteiger partial charge in [-0.2, -0.15) is 0 Å². The van der Waals surface area contributed by atoms with E-state index in [2.05, 4.69) is 5.32 Å². The maximum absolute atomic E-state index is 11.9. The van der Waals surface area contributed by atoms with Crippen LogP contribution in [0.2, 0.25) is 5.02 Å². The van der Waals surface area contributed by atoms with E-state index >= 15 is 0 Å². The number of halogens is 1. The Morgan fingerprint density at radius 3 is 2.60 bits per heavy atom. The average molecular weight is 317 g/mol. The predicted molar refractivity (Wildman–Crippen MR) is 86.4 cm³/mol. The van der Waals surface area contributed by atoms with Crippen LogP contribution in [0.25, 0.3) is 0 Å². The van der Waals surface area contributed by atoms with E-state index in [9.17, 15) is 9.00 Å². The maximum atomic E-state index is 11.9. The van der Waals surface area contributed by atoms with Crippen molar-refractivity contribution in [3.63, 3.8) is 0 Å². The Balaban J connectivity index is 2.48. The Morgan fingerprint density at radius 1 is 1.40 bits per heavy atom. The van der Waals surface area contributed by atoms with Crippen molar-refractivity contribution in [2.45, 2.75) is 32.4 Å². The molecule has 1 rings (SSSR count). The SMILES string of the molecule is CC(C)C(C)S(=O)CCC(=O)Nc1ccc(Cl)c(N)c1. The van der Waals surface area contributed by atoms with Crippen LogP contribution in [0, 0.1) is 5.92 Å². The van der Waals surface area contributed by atoms with E-state index in [1.807, 2.05) is 20.8 Å². The number of nitrogen functional groups attached to an aromatic ring is 1. The Hall–Kier alpha value is -1.07. The molecular weight excluding hydrogens is 296 g/mol. The van der Waals surface area contributed by atoms with Crippen molar-refractivity contribution in [1.82, 2.24) is 0 Å². The molecule has 0 aliphatic heterocycles. The highest BCUT2D eigenvalue weighted by Crippen LogP contribution is 2.22. The molecule has 0 spiro atoms. The topological polar surface area (TPSA) is 72.2 Å². The third-order valence-corrected chi connectivity index (χ3v) is 5.49. The lowest BCUT2D eigenvalue weighted by Crippen LogP contribution is -2.23. The number of hydrogen-bond acceptors (Lipinski definition) is 3. The molecule has 1 aromatic carbocycles. The molecule has 0 radical (unpaired) electrons. The lowest BCUT2D eigenvalue weighted by Gasteiger charge is -2.14. The monoisotopic (exact) mass is 316 g/mol. The quantitative estimate of drug-likeness (QED) is 0.792. The third kappa shape index (κ3) is 5.13. The van der Waals surface area contributed by atoms with Gasteiger partial charge in [0.25, 0.3) is 0 Å². The van der Waals surface area contributed by atoms with Crippen LogP contribution >= 0.6 is 11.6 Å². The second-order valence-electron chi connectivity index (χ2n) is 5.07. The molecule has 0 heterocycles. The number of rotatable bonds is 6. The summed E-state index contributed by atoms with van der Waals surface area (Å²) in [6.07, 6.45) is 0.228. The molecule has 2 unspecified atom stereocenters. The number of carbonyl (C=O) groups excluding carboxylic acids is 1. The maximum Gasteiger partial charge on any atom is 0.225 e. The van der Waals surface area contributed by atoms with E-state index in [1.165, 1.54) is 0 Å². The van der Waals surface area contributed by atoms with Gasteiger partial charge in [0.2, 0.25) is 5.91 Å². The molecule has 0 aliphatic rings. The Labute approximate surface area is 127 Å². The molecule has 0 fully saturated rings. The smallest absolute Gasteiger partial charge is 0.225 e. The van der Waals surface area contributed by atoms with Gasteiger partial charge in [0, 0.05) is 33.9 Å². The van der Waals surface area contributed by atoms with Gasteiger partial charge in [-0.25, -0.2) is 0 Å². The molecule has 3 N–H and O–H groups in total. The summed E-state index contributed by atoms with van der Waals surface area (Å²) >= 11 is 5.81. The summed E-state index contributed by atoms with van der Waals surface area (Å²) in [6, 6.07) is 4.92. The van der Waals surface area contributed by atoms with Crippen molar-refractivity contribution >= 4 is 39.7 Å². The van der Waals surface area contributed by atoms with Crippen molar-refractivity contribution in [3.8, 4) is 0 Å². The van der Waals surface area contributed by atoms with E-state index in [1.54, 1.807) is 18.2 Å². The Morgan fingerprint density at radius 2 is 2.05 bits per heavy atom. The van der Waals surface area contributed by atoms with Gasteiger partial charge in [-0.3, -0.25) is 9.00 Å². The summed E-state index contributed by atoms with van der Waals surface area (Å²) in [5, 5.41) is 3.27. The highest BCUT2D eigenvalue weighted by atomic mass is 35.5. The summed E-state index contributed by atoms with van der Waals surface area (Å²) in [4.78, 5) is 11.8. The van der Waals surface area contributed by atoms with E-state index in [-0.39, 0.29) is 17.6 Å². The van der Waals surface area contributed by atoms with Crippen molar-refractivity contribution in [1.29, 1.82) is 0 Å². The number of carbonyl (C=O) groups is 1. The molecule has 20 heavy (non-hydrogen) atoms. The van der Waals surface area contributed by atoms with Crippen molar-refractivity contribution in [2.75, 3.05) is 16.8 Å². The normalized spacial score (nSPS) is 14.1. The molecule has 1 aromatic rings. The summed E-state index contributed by atoms with van der Waals surface area (Å²) < 4.78 is 11.9. The fourth-order valence-electron chi connectivity index (χ4n) is 1.53. The number of nitrogens with one attached hydrogen (secondary N) is 1. The minimum atomic E-state index is -0.988. The first-order valence-corrected chi connectivity index (χ1v) is 8.29. The van der Waals surface area contributed by atoms with Crippen LogP contribution in [-0.2, 0) is 15.6 Å².